The van der Waals surface area contributed by atoms with Crippen molar-refractivity contribution in [3.05, 3.63) is 72.1 Å². The van der Waals surface area contributed by atoms with E-state index in [0.29, 0.717) is 29.0 Å². The van der Waals surface area contributed by atoms with Crippen molar-refractivity contribution in [2.45, 2.75) is 38.6 Å². The molecule has 0 aliphatic heterocycles. The Hall–Kier alpha value is -3.26. The summed E-state index contributed by atoms with van der Waals surface area (Å²) in [5, 5.41) is 12.1. The molecule has 32 heavy (non-hydrogen) atoms. The van der Waals surface area contributed by atoms with Crippen molar-refractivity contribution in [2.75, 3.05) is 18.2 Å². The summed E-state index contributed by atoms with van der Waals surface area (Å²) in [6.07, 6.45) is 1.45. The molecule has 1 amide bonds. The second-order valence-electron chi connectivity index (χ2n) is 7.31. The summed E-state index contributed by atoms with van der Waals surface area (Å²) in [4.78, 5) is 12.5. The first-order chi connectivity index (χ1) is 15.4. The van der Waals surface area contributed by atoms with Crippen LogP contribution in [0.25, 0.3) is 0 Å². The first kappa shape index (κ1) is 23.4. The summed E-state index contributed by atoms with van der Waals surface area (Å²) in [6, 6.07) is 13.4. The molecule has 168 valence electrons. The van der Waals surface area contributed by atoms with Gasteiger partial charge in [0.1, 0.15) is 11.5 Å². The highest BCUT2D eigenvalue weighted by Crippen LogP contribution is 2.28. The van der Waals surface area contributed by atoms with Crippen LogP contribution in [0.1, 0.15) is 30.0 Å². The summed E-state index contributed by atoms with van der Waals surface area (Å²) in [7, 11) is 1.57. The molecule has 3 aromatic rings. The number of para-hydroxylation sites is 2. The number of rotatable bonds is 10. The van der Waals surface area contributed by atoms with Gasteiger partial charge in [-0.15, -0.1) is 16.8 Å². The Bertz CT molecular complexity index is 1100. The minimum absolute atomic E-state index is 0.159. The molecule has 7 nitrogen and oxygen atoms in total. The Morgan fingerprint density at radius 1 is 1.22 bits per heavy atom. The molecule has 0 bridgehead atoms. The molecule has 0 aliphatic carbocycles. The first-order valence-electron chi connectivity index (χ1n) is 10.3. The first-order valence-corrected chi connectivity index (χ1v) is 11.2. The normalized spacial score (nSPS) is 11.6. The lowest BCUT2D eigenvalue weighted by molar-refractivity contribution is -0.113. The molecule has 1 N–H and O–H groups in total. The number of amides is 1. The number of nitrogens with zero attached hydrogens (tertiary/aromatic N) is 3. The number of hydrogen-bond donors (Lipinski definition) is 1. The van der Waals surface area contributed by atoms with Crippen molar-refractivity contribution in [1.82, 2.24) is 14.8 Å². The van der Waals surface area contributed by atoms with Crippen LogP contribution in [0.15, 0.2) is 60.3 Å². The number of carbonyl (C=O) groups excluding carboxylic acids is 1. The largest absolute Gasteiger partial charge is 0.495 e. The van der Waals surface area contributed by atoms with Crippen LogP contribution in [-0.2, 0) is 11.3 Å². The van der Waals surface area contributed by atoms with Gasteiger partial charge in [-0.3, -0.25) is 9.36 Å². The zero-order chi connectivity index (χ0) is 23.1. The number of aryl methyl sites for hydroxylation is 2. The molecule has 0 spiro atoms. The topological polar surface area (TPSA) is 78.3 Å². The maximum Gasteiger partial charge on any atom is 0.234 e. The monoisotopic (exact) mass is 452 g/mol. The third-order valence-electron chi connectivity index (χ3n) is 4.77. The maximum atomic E-state index is 12.5. The number of hydrogen-bond acceptors (Lipinski definition) is 6. The summed E-state index contributed by atoms with van der Waals surface area (Å²) in [5.74, 6) is 2.12. The minimum Gasteiger partial charge on any atom is -0.495 e. The van der Waals surface area contributed by atoms with Gasteiger partial charge in [0.2, 0.25) is 5.91 Å². The van der Waals surface area contributed by atoms with Crippen molar-refractivity contribution >= 4 is 23.4 Å². The molecule has 0 radical (unpaired) electrons. The summed E-state index contributed by atoms with van der Waals surface area (Å²) >= 11 is 1.31. The molecule has 1 heterocycles. The molecule has 3 rings (SSSR count). The van der Waals surface area contributed by atoms with E-state index in [2.05, 4.69) is 35.1 Å². The molecule has 0 fully saturated rings. The molecular weight excluding hydrogens is 424 g/mol. The average molecular weight is 453 g/mol. The van der Waals surface area contributed by atoms with Crippen molar-refractivity contribution in [3.63, 3.8) is 0 Å². The van der Waals surface area contributed by atoms with Gasteiger partial charge in [-0.1, -0.05) is 47.7 Å². The van der Waals surface area contributed by atoms with Crippen LogP contribution in [0.3, 0.4) is 0 Å². The van der Waals surface area contributed by atoms with Gasteiger partial charge in [0.25, 0.3) is 0 Å². The number of thioether (sulfide) groups is 1. The predicted octanol–water partition coefficient (Wildman–Crippen LogP) is 4.96. The number of nitrogens with one attached hydrogen (secondary N) is 1. The maximum absolute atomic E-state index is 12.5. The number of anilines is 1. The highest BCUT2D eigenvalue weighted by atomic mass is 32.2. The number of methoxy groups -OCH3 is 1. The number of ether oxygens (including phenoxy) is 2. The van der Waals surface area contributed by atoms with Crippen molar-refractivity contribution in [1.29, 1.82) is 0 Å². The number of carbonyl (C=O) groups is 1. The van der Waals surface area contributed by atoms with Crippen molar-refractivity contribution in [3.8, 4) is 11.5 Å². The number of allylic oxidation sites excluding steroid dienone is 1. The second-order valence-corrected chi connectivity index (χ2v) is 8.25. The Labute approximate surface area is 192 Å². The van der Waals surface area contributed by atoms with Crippen LogP contribution in [0, 0.1) is 13.8 Å². The zero-order valence-electron chi connectivity index (χ0n) is 18.8. The van der Waals surface area contributed by atoms with Gasteiger partial charge < -0.3 is 14.8 Å². The van der Waals surface area contributed by atoms with Crippen LogP contribution < -0.4 is 14.8 Å². The van der Waals surface area contributed by atoms with Gasteiger partial charge in [0.15, 0.2) is 17.1 Å². The van der Waals surface area contributed by atoms with Crippen molar-refractivity contribution < 1.29 is 14.3 Å². The molecule has 2 aromatic carbocycles. The molecular formula is C24H28N4O3S. The van der Waals surface area contributed by atoms with Crippen LogP contribution in [0.2, 0.25) is 0 Å². The molecule has 1 aromatic heterocycles. The third kappa shape index (κ3) is 5.70. The Kier molecular flexibility index (Phi) is 7.94. The van der Waals surface area contributed by atoms with E-state index in [0.717, 1.165) is 11.3 Å². The highest BCUT2D eigenvalue weighted by Gasteiger charge is 2.20. The third-order valence-corrected chi connectivity index (χ3v) is 5.74. The van der Waals surface area contributed by atoms with E-state index in [4.69, 9.17) is 9.47 Å². The van der Waals surface area contributed by atoms with E-state index in [1.807, 2.05) is 42.7 Å². The second kappa shape index (κ2) is 10.9. The van der Waals surface area contributed by atoms with E-state index in [9.17, 15) is 4.79 Å². The lowest BCUT2D eigenvalue weighted by atomic mass is 10.1. The summed E-state index contributed by atoms with van der Waals surface area (Å²) in [5.41, 5.74) is 2.88. The van der Waals surface area contributed by atoms with E-state index >= 15 is 0 Å². The van der Waals surface area contributed by atoms with Gasteiger partial charge >= 0.3 is 0 Å². The SMILES string of the molecule is C=CCn1c(SCC(=O)Nc2ccccc2OC)nnc1C(C)Oc1ccc(C)cc1C. The van der Waals surface area contributed by atoms with Crippen LogP contribution >= 0.6 is 11.8 Å². The van der Waals surface area contributed by atoms with Gasteiger partial charge in [-0.25, -0.2) is 0 Å². The number of aromatic nitrogens is 3. The Balaban J connectivity index is 1.69. The van der Waals surface area contributed by atoms with E-state index in [1.54, 1.807) is 25.3 Å². The Morgan fingerprint density at radius 2 is 2.00 bits per heavy atom. The molecule has 0 saturated carbocycles. The lowest BCUT2D eigenvalue weighted by Crippen LogP contribution is -2.16. The number of benzene rings is 2. The minimum atomic E-state index is -0.319. The average Bonchev–Trinajstić information content (AvgIpc) is 3.17. The summed E-state index contributed by atoms with van der Waals surface area (Å²) in [6.45, 7) is 10.4. The molecule has 1 unspecified atom stereocenters. The standard InChI is InChI=1S/C24H28N4O3S/c1-6-13-28-23(18(4)31-20-12-11-16(2)14-17(20)3)26-27-24(28)32-15-22(29)25-19-9-7-8-10-21(19)30-5/h6-12,14,18H,1,13,15H2,2-5H3,(H,25,29). The van der Waals surface area contributed by atoms with Gasteiger partial charge in [-0.05, 0) is 44.5 Å². The van der Waals surface area contributed by atoms with Gasteiger partial charge in [0.05, 0.1) is 18.6 Å². The highest BCUT2D eigenvalue weighted by molar-refractivity contribution is 7.99. The van der Waals surface area contributed by atoms with Crippen LogP contribution in [0.5, 0.6) is 11.5 Å². The molecule has 0 aliphatic rings. The fourth-order valence-corrected chi connectivity index (χ4v) is 4.00. The fraction of sp³-hybridized carbons (Fsp3) is 0.292. The van der Waals surface area contributed by atoms with E-state index in [1.165, 1.54) is 17.3 Å². The van der Waals surface area contributed by atoms with Gasteiger partial charge in [-0.2, -0.15) is 0 Å². The van der Waals surface area contributed by atoms with Crippen LogP contribution in [-0.4, -0.2) is 33.5 Å². The smallest absolute Gasteiger partial charge is 0.234 e. The fourth-order valence-electron chi connectivity index (χ4n) is 3.25. The zero-order valence-corrected chi connectivity index (χ0v) is 19.6. The van der Waals surface area contributed by atoms with E-state index in [-0.39, 0.29) is 17.8 Å². The van der Waals surface area contributed by atoms with Crippen LogP contribution in [0.4, 0.5) is 5.69 Å². The molecule has 1 atom stereocenters. The molecule has 8 heteroatoms. The predicted molar refractivity (Wildman–Crippen MR) is 128 cm³/mol. The van der Waals surface area contributed by atoms with Gasteiger partial charge in [0, 0.05) is 6.54 Å². The quantitative estimate of drug-likeness (QED) is 0.346. The Morgan fingerprint density at radius 3 is 2.72 bits per heavy atom. The molecule has 0 saturated heterocycles. The van der Waals surface area contributed by atoms with E-state index < -0.39 is 0 Å². The lowest BCUT2D eigenvalue weighted by Gasteiger charge is -2.17. The van der Waals surface area contributed by atoms with Crippen molar-refractivity contribution in [2.24, 2.45) is 0 Å². The summed E-state index contributed by atoms with van der Waals surface area (Å²) < 4.78 is 13.4.